The summed E-state index contributed by atoms with van der Waals surface area (Å²) in [4.78, 5) is 22.3. The predicted molar refractivity (Wildman–Crippen MR) is 53.2 cm³/mol. The van der Waals surface area contributed by atoms with Gasteiger partial charge < -0.3 is 14.1 Å². The lowest BCUT2D eigenvalue weighted by atomic mass is 10.2. The van der Waals surface area contributed by atoms with Crippen molar-refractivity contribution in [1.82, 2.24) is 4.57 Å². The molecule has 0 bridgehead atoms. The second-order valence-corrected chi connectivity index (χ2v) is 3.33. The zero-order chi connectivity index (χ0) is 11.2. The van der Waals surface area contributed by atoms with E-state index in [0.29, 0.717) is 11.3 Å². The van der Waals surface area contributed by atoms with Crippen molar-refractivity contribution in [1.29, 1.82) is 0 Å². The van der Waals surface area contributed by atoms with Gasteiger partial charge >= 0.3 is 5.97 Å². The monoisotopic (exact) mass is 207 g/mol. The molecule has 0 amide bonds. The summed E-state index contributed by atoms with van der Waals surface area (Å²) in [5.74, 6) is -0.583. The molecule has 15 heavy (non-hydrogen) atoms. The van der Waals surface area contributed by atoms with Gasteiger partial charge in [0.25, 0.3) is 5.56 Å². The van der Waals surface area contributed by atoms with Gasteiger partial charge in [-0.3, -0.25) is 4.79 Å². The zero-order valence-electron chi connectivity index (χ0n) is 8.27. The predicted octanol–water partition coefficient (Wildman–Crippen LogP) is 1.14. The molecular formula is C10H9NO4. The van der Waals surface area contributed by atoms with Crippen LogP contribution < -0.4 is 5.56 Å². The summed E-state index contributed by atoms with van der Waals surface area (Å²) >= 11 is 0. The van der Waals surface area contributed by atoms with Gasteiger partial charge in [-0.15, -0.1) is 0 Å². The number of aryl methyl sites for hydroxylation is 2. The molecule has 1 N–H and O–H groups in total. The molecule has 0 spiro atoms. The van der Waals surface area contributed by atoms with E-state index in [1.54, 1.807) is 20.0 Å². The van der Waals surface area contributed by atoms with E-state index < -0.39 is 5.97 Å². The number of carbonyl (C=O) groups is 1. The maximum atomic E-state index is 11.4. The van der Waals surface area contributed by atoms with Crippen molar-refractivity contribution in [3.63, 3.8) is 0 Å². The molecule has 2 rings (SSSR count). The second kappa shape index (κ2) is 2.98. The van der Waals surface area contributed by atoms with Crippen molar-refractivity contribution in [2.45, 2.75) is 6.92 Å². The summed E-state index contributed by atoms with van der Waals surface area (Å²) in [7, 11) is 1.57. The number of fused-ring (bicyclic) bond motifs is 1. The minimum atomic E-state index is -1.16. The molecule has 0 aliphatic heterocycles. The van der Waals surface area contributed by atoms with Gasteiger partial charge in [-0.2, -0.15) is 0 Å². The van der Waals surface area contributed by atoms with Crippen molar-refractivity contribution in [3.8, 4) is 0 Å². The average Bonchev–Trinajstić information content (AvgIpc) is 2.53. The summed E-state index contributed by atoms with van der Waals surface area (Å²) in [6, 6.07) is 2.71. The van der Waals surface area contributed by atoms with Crippen LogP contribution in [0.25, 0.3) is 11.1 Å². The Morgan fingerprint density at radius 1 is 1.47 bits per heavy atom. The number of aromatic carboxylic acids is 1. The maximum Gasteiger partial charge on any atom is 0.339 e. The molecule has 5 heteroatoms. The highest BCUT2D eigenvalue weighted by Gasteiger charge is 2.16. The van der Waals surface area contributed by atoms with Crippen LogP contribution in [0.3, 0.4) is 0 Å². The third-order valence-electron chi connectivity index (χ3n) is 2.27. The first kappa shape index (κ1) is 9.51. The van der Waals surface area contributed by atoms with E-state index >= 15 is 0 Å². The molecule has 0 aliphatic carbocycles. The molecule has 0 unspecified atom stereocenters. The molecule has 0 saturated carbocycles. The normalized spacial score (nSPS) is 10.8. The standard InChI is InChI=1S/C10H9NO4/c1-5-3-7-9(15-5)6(10(13)14)4-8(12)11(7)2/h3-4H,1-2H3,(H,13,14). The van der Waals surface area contributed by atoms with Crippen LogP contribution in [0, 0.1) is 6.92 Å². The van der Waals surface area contributed by atoms with Gasteiger partial charge in [-0.05, 0) is 6.92 Å². The molecule has 78 valence electrons. The fourth-order valence-electron chi connectivity index (χ4n) is 1.51. The largest absolute Gasteiger partial charge is 0.478 e. The topological polar surface area (TPSA) is 72.4 Å². The Kier molecular flexibility index (Phi) is 1.89. The molecule has 2 heterocycles. The quantitative estimate of drug-likeness (QED) is 0.760. The van der Waals surface area contributed by atoms with E-state index in [2.05, 4.69) is 0 Å². The summed E-state index contributed by atoms with van der Waals surface area (Å²) < 4.78 is 6.62. The minimum absolute atomic E-state index is 0.0961. The maximum absolute atomic E-state index is 11.4. The first-order valence-corrected chi connectivity index (χ1v) is 4.34. The first-order chi connectivity index (χ1) is 7.00. The van der Waals surface area contributed by atoms with Crippen LogP contribution >= 0.6 is 0 Å². The number of furan rings is 1. The van der Waals surface area contributed by atoms with Gasteiger partial charge in [0.05, 0.1) is 5.52 Å². The number of nitrogens with zero attached hydrogens (tertiary/aromatic N) is 1. The van der Waals surface area contributed by atoms with Crippen molar-refractivity contribution in [3.05, 3.63) is 33.8 Å². The van der Waals surface area contributed by atoms with Crippen molar-refractivity contribution in [2.24, 2.45) is 7.05 Å². The molecule has 0 atom stereocenters. The number of aromatic nitrogens is 1. The Hall–Kier alpha value is -2.04. The van der Waals surface area contributed by atoms with Gasteiger partial charge in [-0.1, -0.05) is 0 Å². The highest BCUT2D eigenvalue weighted by molar-refractivity contribution is 5.99. The molecular weight excluding hydrogens is 198 g/mol. The number of rotatable bonds is 1. The summed E-state index contributed by atoms with van der Waals surface area (Å²) in [5.41, 5.74) is 0.279. The van der Waals surface area contributed by atoms with Gasteiger partial charge in [0.2, 0.25) is 0 Å². The number of carboxylic acid groups (broad SMARTS) is 1. The van der Waals surface area contributed by atoms with E-state index in [1.807, 2.05) is 0 Å². The first-order valence-electron chi connectivity index (χ1n) is 4.34. The van der Waals surface area contributed by atoms with Crippen LogP contribution in [-0.4, -0.2) is 15.6 Å². The molecule has 5 nitrogen and oxygen atoms in total. The van der Waals surface area contributed by atoms with Gasteiger partial charge in [0.1, 0.15) is 11.3 Å². The molecule has 2 aromatic rings. The smallest absolute Gasteiger partial charge is 0.339 e. The van der Waals surface area contributed by atoms with Crippen LogP contribution in [-0.2, 0) is 7.05 Å². The molecule has 0 aliphatic rings. The van der Waals surface area contributed by atoms with Crippen molar-refractivity contribution < 1.29 is 14.3 Å². The van der Waals surface area contributed by atoms with Crippen molar-refractivity contribution >= 4 is 17.1 Å². The highest BCUT2D eigenvalue weighted by Crippen LogP contribution is 2.20. The summed E-state index contributed by atoms with van der Waals surface area (Å²) in [6.07, 6.45) is 0. The summed E-state index contributed by atoms with van der Waals surface area (Å²) in [5, 5.41) is 8.90. The molecule has 0 aromatic carbocycles. The van der Waals surface area contributed by atoms with Crippen molar-refractivity contribution in [2.75, 3.05) is 0 Å². The Labute approximate surface area is 84.5 Å². The minimum Gasteiger partial charge on any atom is -0.478 e. The lowest BCUT2D eigenvalue weighted by Gasteiger charge is -2.00. The van der Waals surface area contributed by atoms with Crippen LogP contribution in [0.2, 0.25) is 0 Å². The Balaban J connectivity index is 3.00. The fourth-order valence-corrected chi connectivity index (χ4v) is 1.51. The Bertz CT molecular complexity index is 606. The van der Waals surface area contributed by atoms with Gasteiger partial charge in [0, 0.05) is 19.2 Å². The number of carboxylic acids is 1. The number of hydrogen-bond donors (Lipinski definition) is 1. The van der Waals surface area contributed by atoms with Crippen LogP contribution in [0.4, 0.5) is 0 Å². The third-order valence-corrected chi connectivity index (χ3v) is 2.27. The summed E-state index contributed by atoms with van der Waals surface area (Å²) in [6.45, 7) is 1.70. The van der Waals surface area contributed by atoms with Crippen LogP contribution in [0.15, 0.2) is 21.3 Å². The SMILES string of the molecule is Cc1cc2c(o1)c(C(=O)O)cc(=O)n2C. The zero-order valence-corrected chi connectivity index (χ0v) is 8.27. The number of pyridine rings is 1. The van der Waals surface area contributed by atoms with E-state index in [1.165, 1.54) is 4.57 Å². The molecule has 2 aromatic heterocycles. The molecule has 0 fully saturated rings. The van der Waals surface area contributed by atoms with E-state index in [-0.39, 0.29) is 16.7 Å². The Morgan fingerprint density at radius 3 is 2.73 bits per heavy atom. The lowest BCUT2D eigenvalue weighted by molar-refractivity contribution is 0.0697. The van der Waals surface area contributed by atoms with E-state index in [4.69, 9.17) is 9.52 Å². The Morgan fingerprint density at radius 2 is 2.13 bits per heavy atom. The van der Waals surface area contributed by atoms with E-state index in [0.717, 1.165) is 6.07 Å². The van der Waals surface area contributed by atoms with Gasteiger partial charge in [-0.25, -0.2) is 4.79 Å². The van der Waals surface area contributed by atoms with Crippen LogP contribution in [0.5, 0.6) is 0 Å². The average molecular weight is 207 g/mol. The third kappa shape index (κ3) is 1.32. The van der Waals surface area contributed by atoms with Gasteiger partial charge in [0.15, 0.2) is 5.58 Å². The fraction of sp³-hybridized carbons (Fsp3) is 0.200. The van der Waals surface area contributed by atoms with Crippen LogP contribution in [0.1, 0.15) is 16.1 Å². The number of hydrogen-bond acceptors (Lipinski definition) is 3. The second-order valence-electron chi connectivity index (χ2n) is 3.33. The van der Waals surface area contributed by atoms with E-state index in [9.17, 15) is 9.59 Å². The highest BCUT2D eigenvalue weighted by atomic mass is 16.4. The lowest BCUT2D eigenvalue weighted by Crippen LogP contribution is -2.18. The molecule has 0 radical (unpaired) electrons. The molecule has 0 saturated heterocycles.